The number of hydrogen-bond donors (Lipinski definition) is 4. The lowest BCUT2D eigenvalue weighted by Gasteiger charge is -2.26. The number of carboxylic acids is 4. The van der Waals surface area contributed by atoms with Crippen molar-refractivity contribution < 1.29 is 73.1 Å². The molecule has 0 aromatic heterocycles. The Morgan fingerprint density at radius 1 is 0.387 bits per heavy atom. The standard InChI is InChI=1S/C22H33NO3.C16H21NO3.C15H30O2.2C15H28O2.C12H24O2.C7H13BrO.C3H5Br/c1-4-5-6-10-13-19(14-17(2)3)21(24)23-20(16-26-22(23)25)15-18-11-8-7-9-12-18;1-12(2)8-9-15(18)17-14(11-20-16(17)19)10-13-6-4-3-5-7-13;3*1-5-7-8-10-13(9-6-2)14(15(16)17)11-12(3)4;1-4-5-6-7-8-11(12(13)14)9-10(2)3;1-2-3-4-5-7(9)6-8;1-2-3-4/h7-9,11-12,17,19-20H,4-6,10,13-16H2,1-3H3;3-7,12,14H,8-11H2,1-2H3;12-14H,5-11H2,1-4H3,(H,16,17);2*6,12-14H,2,5,7-11H2,1,3-4H3,(H,16,17);10-11H,4-9H2,1-3H3,(H,13,14);2-6H2,1H3;2H,1,3H2/t19-,20-;14-;13-,14-;13-,14+;13-,14-;11-;;/m001010../s1. The molecule has 17 nitrogen and oxygen atoms in total. The molecule has 716 valence electrons. The first-order valence-electron chi connectivity index (χ1n) is 48.4. The lowest BCUT2D eigenvalue weighted by Crippen LogP contribution is -2.44. The quantitative estimate of drug-likeness (QED) is 0.0273. The average molecular weight is 1870 g/mol. The Kier molecular flexibility index (Phi) is 81.8. The van der Waals surface area contributed by atoms with E-state index in [0.29, 0.717) is 85.0 Å². The predicted octanol–water partition coefficient (Wildman–Crippen LogP) is 29.8. The third-order valence-corrected chi connectivity index (χ3v) is 23.4. The van der Waals surface area contributed by atoms with Crippen molar-refractivity contribution in [1.82, 2.24) is 9.80 Å². The van der Waals surface area contributed by atoms with Gasteiger partial charge in [-0.3, -0.25) is 33.6 Å². The van der Waals surface area contributed by atoms with Crippen LogP contribution in [0.2, 0.25) is 0 Å². The average Bonchev–Trinajstić information content (AvgIpc) is 1.69. The highest BCUT2D eigenvalue weighted by atomic mass is 79.9. The normalized spacial score (nSPS) is 15.2. The second-order valence-electron chi connectivity index (χ2n) is 36.8. The molecular formula is C105H182Br2N2O15. The fourth-order valence-corrected chi connectivity index (χ4v) is 16.0. The van der Waals surface area contributed by atoms with Gasteiger partial charge in [0.15, 0.2) is 0 Å². The van der Waals surface area contributed by atoms with Crippen LogP contribution in [0.3, 0.4) is 0 Å². The largest absolute Gasteiger partial charge is 0.481 e. The minimum Gasteiger partial charge on any atom is -0.481 e. The van der Waals surface area contributed by atoms with Crippen LogP contribution in [0.25, 0.3) is 0 Å². The third-order valence-electron chi connectivity index (χ3n) is 22.3. The first-order valence-corrected chi connectivity index (χ1v) is 50.7. The predicted molar refractivity (Wildman–Crippen MR) is 525 cm³/mol. The van der Waals surface area contributed by atoms with E-state index in [9.17, 15) is 58.5 Å². The van der Waals surface area contributed by atoms with Crippen LogP contribution < -0.4 is 0 Å². The van der Waals surface area contributed by atoms with Crippen LogP contribution in [0.5, 0.6) is 0 Å². The number of aliphatic carboxylic acids is 4. The van der Waals surface area contributed by atoms with Crippen LogP contribution >= 0.6 is 31.9 Å². The van der Waals surface area contributed by atoms with Gasteiger partial charge in [-0.2, -0.15) is 0 Å². The third kappa shape index (κ3) is 65.6. The minimum atomic E-state index is -0.637. The van der Waals surface area contributed by atoms with Crippen molar-refractivity contribution in [2.24, 2.45) is 82.9 Å². The number of carboxylic acid groups (broad SMARTS) is 4. The van der Waals surface area contributed by atoms with Crippen molar-refractivity contribution >= 4 is 85.5 Å². The number of nitrogens with zero attached hydrogens (tertiary/aromatic N) is 2. The van der Waals surface area contributed by atoms with E-state index in [0.717, 1.165) is 158 Å². The molecule has 19 heteroatoms. The van der Waals surface area contributed by atoms with E-state index < -0.39 is 36.1 Å². The van der Waals surface area contributed by atoms with Gasteiger partial charge in [-0.15, -0.1) is 19.7 Å². The topological polar surface area (TPSA) is 259 Å². The van der Waals surface area contributed by atoms with E-state index in [1.807, 2.05) is 72.8 Å². The molecule has 0 aliphatic carbocycles. The number of carbonyl (C=O) groups excluding carboxylic acids is 5. The van der Waals surface area contributed by atoms with Crippen molar-refractivity contribution in [1.29, 1.82) is 0 Å². The molecule has 10 atom stereocenters. The number of ketones is 1. The van der Waals surface area contributed by atoms with Crippen LogP contribution in [-0.2, 0) is 55.9 Å². The Morgan fingerprint density at radius 2 is 0.718 bits per heavy atom. The van der Waals surface area contributed by atoms with Crippen molar-refractivity contribution in [3.8, 4) is 0 Å². The van der Waals surface area contributed by atoms with Crippen molar-refractivity contribution in [3.63, 3.8) is 0 Å². The Labute approximate surface area is 774 Å². The second kappa shape index (κ2) is 81.5. The Bertz CT molecular complexity index is 2980. The summed E-state index contributed by atoms with van der Waals surface area (Å²) >= 11 is 6.25. The maximum absolute atomic E-state index is 13.2. The summed E-state index contributed by atoms with van der Waals surface area (Å²) in [7, 11) is 0. The Morgan fingerprint density at radius 3 is 1.05 bits per heavy atom. The van der Waals surface area contributed by atoms with Crippen LogP contribution in [0.1, 0.15) is 380 Å². The van der Waals surface area contributed by atoms with E-state index in [1.165, 1.54) is 99.7 Å². The lowest BCUT2D eigenvalue weighted by molar-refractivity contribution is -0.145. The zero-order chi connectivity index (χ0) is 94.8. The van der Waals surface area contributed by atoms with Crippen molar-refractivity contribution in [2.75, 3.05) is 23.9 Å². The summed E-state index contributed by atoms with van der Waals surface area (Å²) in [5, 5.41) is 38.5. The molecule has 4 rings (SSSR count). The van der Waals surface area contributed by atoms with Gasteiger partial charge in [0.1, 0.15) is 19.0 Å². The van der Waals surface area contributed by atoms with Crippen LogP contribution in [0, 0.1) is 82.9 Å². The molecule has 2 aromatic rings. The SMILES string of the molecule is C=CCBr.C=CC[C@@H](CCCCC)[C@@H](CC(C)C)C(=O)O.C=CC[C@H](CCCCC)[C@@H](CC(C)C)C(=O)O.CC(C)CCC(=O)N1C(=O)OC[C@@H]1Cc1ccccc1.CCCCCC(=O)CBr.CCCCCC[C@@H](CC(C)C)C(=O)N1C(=O)OC[C@@H]1Cc1ccccc1.CCCCCC[C@@H](CC(C)C)C(=O)O.CCCCC[C@@H](CCC)[C@@H](CC(C)C)C(=O)O. The number of amides is 4. The zero-order valence-corrected chi connectivity index (χ0v) is 84.9. The van der Waals surface area contributed by atoms with E-state index in [1.54, 1.807) is 6.08 Å². The summed E-state index contributed by atoms with van der Waals surface area (Å²) in [6.45, 7) is 51.9. The smallest absolute Gasteiger partial charge is 0.416 e. The number of benzene rings is 2. The summed E-state index contributed by atoms with van der Waals surface area (Å²) < 4.78 is 10.3. The molecule has 0 spiro atoms. The van der Waals surface area contributed by atoms with E-state index >= 15 is 0 Å². The second-order valence-corrected chi connectivity index (χ2v) is 38.0. The van der Waals surface area contributed by atoms with Gasteiger partial charge in [-0.05, 0) is 174 Å². The monoisotopic (exact) mass is 1870 g/mol. The molecule has 2 aromatic carbocycles. The molecule has 2 heterocycles. The number of imide groups is 2. The highest BCUT2D eigenvalue weighted by Crippen LogP contribution is 2.34. The highest BCUT2D eigenvalue weighted by Gasteiger charge is 2.41. The van der Waals surface area contributed by atoms with Crippen LogP contribution in [0.4, 0.5) is 9.59 Å². The molecule has 0 unspecified atom stereocenters. The maximum atomic E-state index is 13.2. The fraction of sp³-hybridized carbons (Fsp3) is 0.743. The molecular weight excluding hydrogens is 1690 g/mol. The number of carbonyl (C=O) groups is 9. The van der Waals surface area contributed by atoms with Gasteiger partial charge >= 0.3 is 36.1 Å². The minimum absolute atomic E-state index is 0.0429. The Hall–Kier alpha value is -5.95. The van der Waals surface area contributed by atoms with E-state index in [2.05, 4.69) is 183 Å². The first kappa shape index (κ1) is 124. The number of hydrogen-bond acceptors (Lipinski definition) is 11. The van der Waals surface area contributed by atoms with Gasteiger partial charge in [0.25, 0.3) is 0 Å². The molecule has 2 aliphatic rings. The summed E-state index contributed by atoms with van der Waals surface area (Å²) in [5.74, 6) is 0.560. The molecule has 0 bridgehead atoms. The number of halogens is 2. The number of cyclic esters (lactones) is 2. The number of Topliss-reactive ketones (excluding diaryl/α,β-unsaturated/α-hetero) is 1. The number of rotatable bonds is 59. The van der Waals surface area contributed by atoms with Crippen LogP contribution in [-0.4, -0.2) is 120 Å². The molecule has 4 amide bonds. The van der Waals surface area contributed by atoms with Crippen LogP contribution in [0.15, 0.2) is 98.6 Å². The molecule has 0 radical (unpaired) electrons. The number of alkyl halides is 2. The molecule has 124 heavy (non-hydrogen) atoms. The fourth-order valence-electron chi connectivity index (χ4n) is 15.7. The molecule has 2 saturated heterocycles. The van der Waals surface area contributed by atoms with Gasteiger partial charge in [0.2, 0.25) is 11.8 Å². The van der Waals surface area contributed by atoms with E-state index in [-0.39, 0.29) is 65.3 Å². The first-order chi connectivity index (χ1) is 59.0. The summed E-state index contributed by atoms with van der Waals surface area (Å²) in [5.41, 5.74) is 2.23. The zero-order valence-electron chi connectivity index (χ0n) is 81.7. The summed E-state index contributed by atoms with van der Waals surface area (Å²) in [6, 6.07) is 19.5. The summed E-state index contributed by atoms with van der Waals surface area (Å²) in [6.07, 6.45) is 43.8. The van der Waals surface area contributed by atoms with Crippen molar-refractivity contribution in [3.05, 3.63) is 110 Å². The lowest BCUT2D eigenvalue weighted by atomic mass is 9.80. The summed E-state index contributed by atoms with van der Waals surface area (Å²) in [4.78, 5) is 108. The van der Waals surface area contributed by atoms with Gasteiger partial charge in [-0.25, -0.2) is 19.4 Å². The molecule has 0 saturated carbocycles. The van der Waals surface area contributed by atoms with E-state index in [4.69, 9.17) is 14.6 Å². The number of allylic oxidation sites excluding steroid dienone is 3. The molecule has 4 N–H and O–H groups in total. The Balaban J connectivity index is -0.000000683. The van der Waals surface area contributed by atoms with Gasteiger partial charge in [-0.1, -0.05) is 371 Å². The van der Waals surface area contributed by atoms with Gasteiger partial charge in [0.05, 0.1) is 41.1 Å². The molecule has 2 fully saturated rings. The number of unbranched alkanes of at least 4 members (excludes halogenated alkanes) is 14. The highest BCUT2D eigenvalue weighted by molar-refractivity contribution is 9.09. The number of ether oxygens (including phenoxy) is 2. The molecule has 2 aliphatic heterocycles. The van der Waals surface area contributed by atoms with Gasteiger partial charge < -0.3 is 29.9 Å². The maximum Gasteiger partial charge on any atom is 0.416 e. The van der Waals surface area contributed by atoms with Gasteiger partial charge in [0, 0.05) is 24.1 Å². The van der Waals surface area contributed by atoms with Crippen molar-refractivity contribution in [2.45, 2.75) is 394 Å².